The lowest BCUT2D eigenvalue weighted by molar-refractivity contribution is 0.482. The van der Waals surface area contributed by atoms with Crippen molar-refractivity contribution in [1.82, 2.24) is 4.98 Å². The Balaban J connectivity index is 2.22. The highest BCUT2D eigenvalue weighted by atomic mass is 127. The molecule has 0 aliphatic rings. The van der Waals surface area contributed by atoms with Crippen molar-refractivity contribution >= 4 is 28.4 Å². The Morgan fingerprint density at radius 2 is 1.93 bits per heavy atom. The normalized spacial score (nSPS) is 9.93. The van der Waals surface area contributed by atoms with Gasteiger partial charge in [0.15, 0.2) is 0 Å². The number of hydrogen-bond acceptors (Lipinski definition) is 3. The minimum absolute atomic E-state index is 0.457. The highest BCUT2D eigenvalue weighted by Gasteiger charge is 1.98. The van der Waals surface area contributed by atoms with E-state index in [2.05, 4.69) is 27.6 Å². The van der Waals surface area contributed by atoms with Crippen molar-refractivity contribution in [3.8, 4) is 11.5 Å². The second-order valence-electron chi connectivity index (χ2n) is 2.98. The van der Waals surface area contributed by atoms with Gasteiger partial charge in [0.05, 0.1) is 0 Å². The van der Waals surface area contributed by atoms with Gasteiger partial charge in [0.25, 0.3) is 0 Å². The first-order valence-corrected chi connectivity index (χ1v) is 5.47. The van der Waals surface area contributed by atoms with E-state index in [0.29, 0.717) is 11.6 Å². The average molecular weight is 312 g/mol. The number of aromatic nitrogens is 1. The standard InChI is InChI=1S/C11H9IN2O/c12-8-2-1-3-9(6-8)15-10-4-5-14-11(13)7-10/h1-7H,(H2,13,14). The first kappa shape index (κ1) is 10.2. The third-order valence-electron chi connectivity index (χ3n) is 1.78. The van der Waals surface area contributed by atoms with Crippen molar-refractivity contribution in [3.05, 3.63) is 46.2 Å². The first-order chi connectivity index (χ1) is 7.24. The van der Waals surface area contributed by atoms with Crippen LogP contribution in [0.4, 0.5) is 5.82 Å². The summed E-state index contributed by atoms with van der Waals surface area (Å²) in [6, 6.07) is 11.3. The largest absolute Gasteiger partial charge is 0.457 e. The number of hydrogen-bond donors (Lipinski definition) is 1. The van der Waals surface area contributed by atoms with Gasteiger partial charge in [0.2, 0.25) is 0 Å². The molecule has 4 heteroatoms. The molecule has 0 fully saturated rings. The van der Waals surface area contributed by atoms with E-state index in [0.717, 1.165) is 9.32 Å². The Hall–Kier alpha value is -1.30. The second-order valence-corrected chi connectivity index (χ2v) is 4.22. The number of nitrogens with zero attached hydrogens (tertiary/aromatic N) is 1. The minimum atomic E-state index is 0.457. The summed E-state index contributed by atoms with van der Waals surface area (Å²) in [6.07, 6.45) is 1.62. The van der Waals surface area contributed by atoms with Crippen molar-refractivity contribution < 1.29 is 4.74 Å². The molecule has 0 amide bonds. The molecule has 0 aliphatic heterocycles. The molecule has 1 aromatic carbocycles. The molecule has 2 aromatic rings. The summed E-state index contributed by atoms with van der Waals surface area (Å²) in [5.74, 6) is 1.95. The third kappa shape index (κ3) is 2.82. The maximum Gasteiger partial charge on any atom is 0.132 e. The summed E-state index contributed by atoms with van der Waals surface area (Å²) in [5.41, 5.74) is 5.55. The molecule has 0 aliphatic carbocycles. The van der Waals surface area contributed by atoms with Gasteiger partial charge in [-0.3, -0.25) is 0 Å². The lowest BCUT2D eigenvalue weighted by Gasteiger charge is -2.05. The van der Waals surface area contributed by atoms with Gasteiger partial charge in [-0.2, -0.15) is 0 Å². The number of pyridine rings is 1. The summed E-state index contributed by atoms with van der Waals surface area (Å²) in [7, 11) is 0. The quantitative estimate of drug-likeness (QED) is 0.867. The number of nitrogens with two attached hydrogens (primary N) is 1. The van der Waals surface area contributed by atoms with Crippen LogP contribution in [0.25, 0.3) is 0 Å². The maximum atomic E-state index is 5.62. The molecule has 0 spiro atoms. The van der Waals surface area contributed by atoms with Gasteiger partial charge in [-0.15, -0.1) is 0 Å². The molecule has 0 saturated heterocycles. The van der Waals surface area contributed by atoms with Crippen LogP contribution in [0.15, 0.2) is 42.6 Å². The average Bonchev–Trinajstić information content (AvgIpc) is 2.17. The zero-order chi connectivity index (χ0) is 10.7. The van der Waals surface area contributed by atoms with Gasteiger partial charge in [0, 0.05) is 15.8 Å². The van der Waals surface area contributed by atoms with E-state index in [1.54, 1.807) is 18.3 Å². The molecule has 0 atom stereocenters. The first-order valence-electron chi connectivity index (χ1n) is 4.39. The van der Waals surface area contributed by atoms with E-state index in [1.807, 2.05) is 24.3 Å². The molecular weight excluding hydrogens is 303 g/mol. The van der Waals surface area contributed by atoms with Crippen LogP contribution in [-0.2, 0) is 0 Å². The van der Waals surface area contributed by atoms with Crippen LogP contribution < -0.4 is 10.5 Å². The van der Waals surface area contributed by atoms with Gasteiger partial charge < -0.3 is 10.5 Å². The van der Waals surface area contributed by atoms with Gasteiger partial charge in [-0.1, -0.05) is 6.07 Å². The van der Waals surface area contributed by atoms with Gasteiger partial charge >= 0.3 is 0 Å². The van der Waals surface area contributed by atoms with Crippen molar-refractivity contribution in [3.63, 3.8) is 0 Å². The fourth-order valence-corrected chi connectivity index (χ4v) is 1.67. The number of halogens is 1. The zero-order valence-corrected chi connectivity index (χ0v) is 10.0. The van der Waals surface area contributed by atoms with Crippen LogP contribution in [-0.4, -0.2) is 4.98 Å². The van der Waals surface area contributed by atoms with Crippen molar-refractivity contribution in [2.45, 2.75) is 0 Å². The fourth-order valence-electron chi connectivity index (χ4n) is 1.16. The van der Waals surface area contributed by atoms with Gasteiger partial charge in [-0.25, -0.2) is 4.98 Å². The van der Waals surface area contributed by atoms with Crippen molar-refractivity contribution in [2.24, 2.45) is 0 Å². The maximum absolute atomic E-state index is 5.62. The molecule has 0 bridgehead atoms. The molecule has 2 N–H and O–H groups in total. The smallest absolute Gasteiger partial charge is 0.132 e. The summed E-state index contributed by atoms with van der Waals surface area (Å²) in [5, 5.41) is 0. The molecular formula is C11H9IN2O. The zero-order valence-electron chi connectivity index (χ0n) is 7.85. The van der Waals surface area contributed by atoms with Crippen LogP contribution in [0, 0.1) is 3.57 Å². The molecule has 0 saturated carbocycles. The molecule has 1 heterocycles. The molecule has 15 heavy (non-hydrogen) atoms. The van der Waals surface area contributed by atoms with Crippen molar-refractivity contribution in [1.29, 1.82) is 0 Å². The topological polar surface area (TPSA) is 48.1 Å². The van der Waals surface area contributed by atoms with E-state index in [1.165, 1.54) is 0 Å². The summed E-state index contributed by atoms with van der Waals surface area (Å²) < 4.78 is 6.75. The number of benzene rings is 1. The molecule has 0 radical (unpaired) electrons. The predicted octanol–water partition coefficient (Wildman–Crippen LogP) is 3.06. The van der Waals surface area contributed by atoms with Crippen LogP contribution in [0.3, 0.4) is 0 Å². The molecule has 0 unspecified atom stereocenters. The van der Waals surface area contributed by atoms with E-state index in [4.69, 9.17) is 10.5 Å². The molecule has 76 valence electrons. The Kier molecular flexibility index (Phi) is 3.05. The molecule has 3 nitrogen and oxygen atoms in total. The Morgan fingerprint density at radius 1 is 1.13 bits per heavy atom. The Bertz CT molecular complexity index is 430. The van der Waals surface area contributed by atoms with Crippen LogP contribution in [0.2, 0.25) is 0 Å². The predicted molar refractivity (Wildman–Crippen MR) is 67.9 cm³/mol. The monoisotopic (exact) mass is 312 g/mol. The Morgan fingerprint density at radius 3 is 2.67 bits per heavy atom. The summed E-state index contributed by atoms with van der Waals surface area (Å²) in [4.78, 5) is 3.90. The lowest BCUT2D eigenvalue weighted by Crippen LogP contribution is -1.90. The minimum Gasteiger partial charge on any atom is -0.457 e. The number of ether oxygens (including phenoxy) is 1. The van der Waals surface area contributed by atoms with Crippen molar-refractivity contribution in [2.75, 3.05) is 5.73 Å². The third-order valence-corrected chi connectivity index (χ3v) is 2.46. The summed E-state index contributed by atoms with van der Waals surface area (Å²) in [6.45, 7) is 0. The fraction of sp³-hybridized carbons (Fsp3) is 0. The van der Waals surface area contributed by atoms with E-state index >= 15 is 0 Å². The van der Waals surface area contributed by atoms with E-state index in [9.17, 15) is 0 Å². The highest BCUT2D eigenvalue weighted by molar-refractivity contribution is 14.1. The van der Waals surface area contributed by atoms with Crippen LogP contribution in [0.1, 0.15) is 0 Å². The SMILES string of the molecule is Nc1cc(Oc2cccc(I)c2)ccn1. The van der Waals surface area contributed by atoms with Gasteiger partial charge in [-0.05, 0) is 46.9 Å². The Labute approximate surface area is 101 Å². The molecule has 2 rings (SSSR count). The van der Waals surface area contributed by atoms with E-state index < -0.39 is 0 Å². The summed E-state index contributed by atoms with van der Waals surface area (Å²) >= 11 is 2.24. The number of rotatable bonds is 2. The lowest BCUT2D eigenvalue weighted by atomic mass is 10.3. The second kappa shape index (κ2) is 4.48. The van der Waals surface area contributed by atoms with Gasteiger partial charge in [0.1, 0.15) is 17.3 Å². The van der Waals surface area contributed by atoms with Crippen LogP contribution >= 0.6 is 22.6 Å². The molecule has 1 aromatic heterocycles. The number of nitrogen functional groups attached to an aromatic ring is 1. The highest BCUT2D eigenvalue weighted by Crippen LogP contribution is 2.23. The van der Waals surface area contributed by atoms with Crippen LogP contribution in [0.5, 0.6) is 11.5 Å². The van der Waals surface area contributed by atoms with E-state index in [-0.39, 0.29) is 0 Å². The number of anilines is 1.